The maximum atomic E-state index is 12.3. The molecular weight excluding hydrogens is 326 g/mol. The lowest BCUT2D eigenvalue weighted by molar-refractivity contribution is 0.00748. The van der Waals surface area contributed by atoms with Gasteiger partial charge in [0.05, 0.1) is 0 Å². The van der Waals surface area contributed by atoms with Gasteiger partial charge in [-0.15, -0.1) is 0 Å². The first-order valence-corrected chi connectivity index (χ1v) is 9.66. The summed E-state index contributed by atoms with van der Waals surface area (Å²) in [6.07, 6.45) is -0.209. The van der Waals surface area contributed by atoms with Crippen molar-refractivity contribution in [2.75, 3.05) is 26.2 Å². The van der Waals surface area contributed by atoms with Gasteiger partial charge in [-0.25, -0.2) is 4.79 Å². The van der Waals surface area contributed by atoms with Crippen LogP contribution in [0.15, 0.2) is 24.3 Å². The summed E-state index contributed by atoms with van der Waals surface area (Å²) in [5.41, 5.74) is 8.00. The van der Waals surface area contributed by atoms with E-state index >= 15 is 0 Å². The van der Waals surface area contributed by atoms with Gasteiger partial charge in [0.15, 0.2) is 0 Å². The van der Waals surface area contributed by atoms with Crippen molar-refractivity contribution in [1.82, 2.24) is 9.80 Å². The summed E-state index contributed by atoms with van der Waals surface area (Å²) in [4.78, 5) is 16.6. The number of benzene rings is 1. The van der Waals surface area contributed by atoms with Crippen molar-refractivity contribution in [2.24, 2.45) is 11.7 Å². The van der Waals surface area contributed by atoms with Crippen LogP contribution in [0.2, 0.25) is 0 Å². The van der Waals surface area contributed by atoms with Gasteiger partial charge in [0.1, 0.15) is 5.60 Å². The van der Waals surface area contributed by atoms with E-state index in [-0.39, 0.29) is 12.1 Å². The van der Waals surface area contributed by atoms with Crippen LogP contribution >= 0.6 is 0 Å². The minimum Gasteiger partial charge on any atom is -0.444 e. The van der Waals surface area contributed by atoms with E-state index in [4.69, 9.17) is 10.5 Å². The zero-order valence-corrected chi connectivity index (χ0v) is 17.2. The minimum absolute atomic E-state index is 0.0546. The molecule has 0 spiro atoms. The van der Waals surface area contributed by atoms with E-state index in [1.165, 1.54) is 5.56 Å². The lowest BCUT2D eigenvalue weighted by atomic mass is 9.92. The Morgan fingerprint density at radius 2 is 1.50 bits per heavy atom. The maximum Gasteiger partial charge on any atom is 0.410 e. The molecule has 2 N–H and O–H groups in total. The number of hydrogen-bond donors (Lipinski definition) is 1. The minimum atomic E-state index is -0.448. The average Bonchev–Trinajstić information content (AvgIpc) is 2.54. The van der Waals surface area contributed by atoms with Crippen LogP contribution in [0.4, 0.5) is 4.79 Å². The second-order valence-corrected chi connectivity index (χ2v) is 8.65. The standard InChI is InChI=1S/C21H35N3O2/c1-15(2)19(18-9-7-17(8-10-18)16(3)22)23-11-13-24(14-12-23)20(25)26-21(4,5)6/h7-10,15-16,19H,11-14,22H2,1-6H3/t16-,19?/m0/s1. The maximum absolute atomic E-state index is 12.3. The fourth-order valence-corrected chi connectivity index (χ4v) is 3.52. The van der Waals surface area contributed by atoms with E-state index in [0.717, 1.165) is 18.7 Å². The first-order valence-electron chi connectivity index (χ1n) is 9.66. The SMILES string of the molecule is CC(C)C(c1ccc([C@H](C)N)cc1)N1CCN(C(=O)OC(C)(C)C)CC1. The highest BCUT2D eigenvalue weighted by atomic mass is 16.6. The number of carbonyl (C=O) groups excluding carboxylic acids is 1. The Morgan fingerprint density at radius 1 is 1.00 bits per heavy atom. The largest absolute Gasteiger partial charge is 0.444 e. The van der Waals surface area contributed by atoms with Crippen LogP contribution in [0.1, 0.15) is 64.8 Å². The number of amides is 1. The lowest BCUT2D eigenvalue weighted by Gasteiger charge is -2.41. The van der Waals surface area contributed by atoms with Crippen LogP contribution in [0.25, 0.3) is 0 Å². The molecule has 0 radical (unpaired) electrons. The third kappa shape index (κ3) is 5.45. The topological polar surface area (TPSA) is 58.8 Å². The number of hydrogen-bond acceptors (Lipinski definition) is 4. The van der Waals surface area contributed by atoms with Gasteiger partial charge >= 0.3 is 6.09 Å². The molecule has 5 nitrogen and oxygen atoms in total. The molecule has 1 fully saturated rings. The van der Waals surface area contributed by atoms with Gasteiger partial charge in [-0.1, -0.05) is 38.1 Å². The van der Waals surface area contributed by atoms with Gasteiger partial charge in [0.25, 0.3) is 0 Å². The van der Waals surface area contributed by atoms with E-state index in [1.807, 2.05) is 32.6 Å². The van der Waals surface area contributed by atoms with Gasteiger partial charge in [-0.05, 0) is 44.7 Å². The molecule has 2 rings (SSSR count). The van der Waals surface area contributed by atoms with E-state index in [9.17, 15) is 4.79 Å². The van der Waals surface area contributed by atoms with Crippen molar-refractivity contribution in [1.29, 1.82) is 0 Å². The fourth-order valence-electron chi connectivity index (χ4n) is 3.52. The predicted octanol–water partition coefficient (Wildman–Crippen LogP) is 3.96. The van der Waals surface area contributed by atoms with Crippen molar-refractivity contribution in [3.8, 4) is 0 Å². The molecule has 0 aliphatic carbocycles. The van der Waals surface area contributed by atoms with Crippen LogP contribution in [0.3, 0.4) is 0 Å². The molecule has 1 aliphatic heterocycles. The quantitative estimate of drug-likeness (QED) is 0.882. The highest BCUT2D eigenvalue weighted by Crippen LogP contribution is 2.30. The van der Waals surface area contributed by atoms with Gasteiger partial charge < -0.3 is 15.4 Å². The molecule has 26 heavy (non-hydrogen) atoms. The Labute approximate surface area is 158 Å². The Balaban J connectivity index is 2.03. The zero-order valence-electron chi connectivity index (χ0n) is 17.2. The second-order valence-electron chi connectivity index (χ2n) is 8.65. The molecule has 1 unspecified atom stereocenters. The van der Waals surface area contributed by atoms with E-state index in [2.05, 4.69) is 43.0 Å². The van der Waals surface area contributed by atoms with Gasteiger partial charge in [-0.3, -0.25) is 4.90 Å². The molecule has 0 bridgehead atoms. The summed E-state index contributed by atoms with van der Waals surface area (Å²) in [7, 11) is 0. The number of carbonyl (C=O) groups is 1. The number of nitrogens with two attached hydrogens (primary N) is 1. The summed E-state index contributed by atoms with van der Waals surface area (Å²) >= 11 is 0. The van der Waals surface area contributed by atoms with Crippen LogP contribution in [-0.4, -0.2) is 47.7 Å². The second kappa shape index (κ2) is 8.40. The Kier molecular flexibility index (Phi) is 6.69. The molecule has 2 atom stereocenters. The number of ether oxygens (including phenoxy) is 1. The molecule has 1 amide bonds. The van der Waals surface area contributed by atoms with Crippen LogP contribution < -0.4 is 5.73 Å². The third-order valence-corrected chi connectivity index (χ3v) is 4.79. The van der Waals surface area contributed by atoms with Crippen molar-refractivity contribution in [3.63, 3.8) is 0 Å². The van der Waals surface area contributed by atoms with Crippen LogP contribution in [-0.2, 0) is 4.74 Å². The number of rotatable bonds is 4. The van der Waals surface area contributed by atoms with Crippen molar-refractivity contribution in [3.05, 3.63) is 35.4 Å². The van der Waals surface area contributed by atoms with E-state index < -0.39 is 5.60 Å². The molecule has 0 aromatic heterocycles. The molecule has 1 heterocycles. The van der Waals surface area contributed by atoms with Crippen molar-refractivity contribution >= 4 is 6.09 Å². The Hall–Kier alpha value is -1.59. The fraction of sp³-hybridized carbons (Fsp3) is 0.667. The van der Waals surface area contributed by atoms with Crippen LogP contribution in [0.5, 0.6) is 0 Å². The lowest BCUT2D eigenvalue weighted by Crippen LogP contribution is -2.51. The van der Waals surface area contributed by atoms with Gasteiger partial charge in [0.2, 0.25) is 0 Å². The van der Waals surface area contributed by atoms with Gasteiger partial charge in [-0.2, -0.15) is 0 Å². The smallest absolute Gasteiger partial charge is 0.410 e. The molecule has 0 saturated carbocycles. The van der Waals surface area contributed by atoms with E-state index in [0.29, 0.717) is 25.0 Å². The Bertz CT molecular complexity index is 582. The first-order chi connectivity index (χ1) is 12.1. The monoisotopic (exact) mass is 361 g/mol. The molecule has 1 aliphatic rings. The Morgan fingerprint density at radius 3 is 1.92 bits per heavy atom. The van der Waals surface area contributed by atoms with E-state index in [1.54, 1.807) is 0 Å². The summed E-state index contributed by atoms with van der Waals surface area (Å²) in [6, 6.07) is 9.06. The molecule has 146 valence electrons. The molecule has 5 heteroatoms. The summed E-state index contributed by atoms with van der Waals surface area (Å²) in [5.74, 6) is 0.490. The van der Waals surface area contributed by atoms with Crippen molar-refractivity contribution in [2.45, 2.75) is 59.2 Å². The highest BCUT2D eigenvalue weighted by Gasteiger charge is 2.30. The van der Waals surface area contributed by atoms with Crippen LogP contribution in [0, 0.1) is 5.92 Å². The molecular formula is C21H35N3O2. The molecule has 1 aromatic rings. The van der Waals surface area contributed by atoms with Gasteiger partial charge in [0, 0.05) is 38.3 Å². The summed E-state index contributed by atoms with van der Waals surface area (Å²) in [6.45, 7) is 15.4. The number of nitrogens with zero attached hydrogens (tertiary/aromatic N) is 2. The van der Waals surface area contributed by atoms with Crippen molar-refractivity contribution < 1.29 is 9.53 Å². The predicted molar refractivity (Wildman–Crippen MR) is 106 cm³/mol. The average molecular weight is 362 g/mol. The zero-order chi connectivity index (χ0) is 19.5. The summed E-state index contributed by atoms with van der Waals surface area (Å²) in [5, 5.41) is 0. The normalized spacial score (nSPS) is 18.7. The highest BCUT2D eigenvalue weighted by molar-refractivity contribution is 5.68. The summed E-state index contributed by atoms with van der Waals surface area (Å²) < 4.78 is 5.50. The first kappa shape index (κ1) is 20.7. The molecule has 1 saturated heterocycles. The number of piperazine rings is 1. The third-order valence-electron chi connectivity index (χ3n) is 4.79. The molecule has 1 aromatic carbocycles.